The summed E-state index contributed by atoms with van der Waals surface area (Å²) in [5, 5.41) is 0.798. The van der Waals surface area contributed by atoms with Gasteiger partial charge in [0.25, 0.3) is 5.91 Å². The number of aromatic nitrogens is 1. The summed E-state index contributed by atoms with van der Waals surface area (Å²) in [6.45, 7) is 8.50. The van der Waals surface area contributed by atoms with Gasteiger partial charge in [-0.2, -0.15) is 0 Å². The van der Waals surface area contributed by atoms with Gasteiger partial charge < -0.3 is 24.1 Å². The maximum absolute atomic E-state index is 12.6. The molecule has 1 aliphatic rings. The van der Waals surface area contributed by atoms with Crippen LogP contribution in [0.2, 0.25) is 0 Å². The van der Waals surface area contributed by atoms with E-state index in [1.807, 2.05) is 25.1 Å². The van der Waals surface area contributed by atoms with E-state index in [4.69, 9.17) is 14.2 Å². The fourth-order valence-corrected chi connectivity index (χ4v) is 4.56. The first-order chi connectivity index (χ1) is 18.7. The summed E-state index contributed by atoms with van der Waals surface area (Å²) in [5.74, 6) is -1.86. The Morgan fingerprint density at radius 1 is 0.949 bits per heavy atom. The van der Waals surface area contributed by atoms with Crippen LogP contribution in [-0.4, -0.2) is 84.4 Å². The van der Waals surface area contributed by atoms with E-state index in [9.17, 15) is 19.2 Å². The number of amides is 1. The summed E-state index contributed by atoms with van der Waals surface area (Å²) in [5.41, 5.74) is 2.50. The summed E-state index contributed by atoms with van der Waals surface area (Å²) in [4.78, 5) is 57.1. The molecule has 0 saturated carbocycles. The van der Waals surface area contributed by atoms with E-state index < -0.39 is 17.7 Å². The number of nitrogens with zero attached hydrogens (tertiary/aromatic N) is 2. The molecule has 2 heterocycles. The highest BCUT2D eigenvalue weighted by molar-refractivity contribution is 6.35. The lowest BCUT2D eigenvalue weighted by Gasteiger charge is -2.36. The number of benzene rings is 2. The number of hydrogen-bond donors (Lipinski definition) is 1. The Kier molecular flexibility index (Phi) is 8.65. The zero-order chi connectivity index (χ0) is 28.1. The average Bonchev–Trinajstić information content (AvgIpc) is 3.25. The molecule has 1 amide bonds. The van der Waals surface area contributed by atoms with Gasteiger partial charge in [0, 0.05) is 55.2 Å². The van der Waals surface area contributed by atoms with E-state index in [-0.39, 0.29) is 30.2 Å². The van der Waals surface area contributed by atoms with E-state index in [0.29, 0.717) is 30.4 Å². The fourth-order valence-electron chi connectivity index (χ4n) is 4.56. The summed E-state index contributed by atoms with van der Waals surface area (Å²) >= 11 is 0. The normalized spacial score (nSPS) is 13.9. The third-order valence-corrected chi connectivity index (χ3v) is 6.92. The van der Waals surface area contributed by atoms with Crippen LogP contribution in [0.3, 0.4) is 0 Å². The molecular formula is C29H33N3O7. The quantitative estimate of drug-likeness (QED) is 0.253. The Bertz CT molecular complexity index is 1370. The van der Waals surface area contributed by atoms with Gasteiger partial charge in [0.1, 0.15) is 11.5 Å². The van der Waals surface area contributed by atoms with Gasteiger partial charge in [0.2, 0.25) is 5.78 Å². The van der Waals surface area contributed by atoms with Gasteiger partial charge in [-0.05, 0) is 68.8 Å². The number of aryl methyl sites for hydroxylation is 1. The Morgan fingerprint density at radius 3 is 2.26 bits per heavy atom. The molecule has 1 aromatic heterocycles. The number of esters is 2. The highest BCUT2D eigenvalue weighted by Crippen LogP contribution is 2.27. The van der Waals surface area contributed by atoms with E-state index in [2.05, 4.69) is 23.7 Å². The van der Waals surface area contributed by atoms with Crippen molar-refractivity contribution in [1.82, 2.24) is 14.8 Å². The zero-order valence-corrected chi connectivity index (χ0v) is 22.6. The van der Waals surface area contributed by atoms with Crippen LogP contribution in [-0.2, 0) is 25.5 Å². The topological polar surface area (TPSA) is 118 Å². The minimum Gasteiger partial charge on any atom is -0.497 e. The molecule has 1 fully saturated rings. The van der Waals surface area contributed by atoms with Crippen molar-refractivity contribution < 1.29 is 33.4 Å². The second-order valence-electron chi connectivity index (χ2n) is 9.74. The van der Waals surface area contributed by atoms with Crippen LogP contribution in [0.15, 0.2) is 42.5 Å². The van der Waals surface area contributed by atoms with Crippen molar-refractivity contribution >= 4 is 34.5 Å². The predicted octanol–water partition coefficient (Wildman–Crippen LogP) is 2.91. The molecule has 0 spiro atoms. The van der Waals surface area contributed by atoms with E-state index >= 15 is 0 Å². The summed E-state index contributed by atoms with van der Waals surface area (Å²) < 4.78 is 15.7. The zero-order valence-electron chi connectivity index (χ0n) is 22.6. The fraction of sp³-hybridized carbons (Fsp3) is 0.379. The number of nitrogens with one attached hydrogen (secondary N) is 1. The van der Waals surface area contributed by atoms with E-state index in [0.717, 1.165) is 29.7 Å². The first-order valence-corrected chi connectivity index (χ1v) is 12.9. The second-order valence-corrected chi connectivity index (χ2v) is 9.74. The maximum atomic E-state index is 12.6. The van der Waals surface area contributed by atoms with Crippen LogP contribution in [0, 0.1) is 6.92 Å². The monoisotopic (exact) mass is 535 g/mol. The highest BCUT2D eigenvalue weighted by Gasteiger charge is 2.24. The van der Waals surface area contributed by atoms with Crippen molar-refractivity contribution in [2.24, 2.45) is 0 Å². The molecule has 10 nitrogen and oxygen atoms in total. The van der Waals surface area contributed by atoms with Crippen LogP contribution >= 0.6 is 0 Å². The van der Waals surface area contributed by atoms with Crippen molar-refractivity contribution in [3.05, 3.63) is 59.3 Å². The molecule has 39 heavy (non-hydrogen) atoms. The van der Waals surface area contributed by atoms with Crippen LogP contribution < -0.4 is 9.47 Å². The molecule has 4 rings (SSSR count). The third kappa shape index (κ3) is 6.64. The Balaban J connectivity index is 1.28. The van der Waals surface area contributed by atoms with Crippen molar-refractivity contribution in [3.8, 4) is 11.5 Å². The number of methoxy groups -OCH3 is 1. The number of hydrogen-bond acceptors (Lipinski definition) is 8. The SMILES string of the molecule is COc1ccc2[nH]c(C)c(CC(=O)C(=O)Oc3ccc(C(=O)OCC(=O)N4CCN(C(C)C)CC4)cc3)c2c1. The van der Waals surface area contributed by atoms with Crippen LogP contribution in [0.1, 0.15) is 35.5 Å². The molecule has 0 unspecified atom stereocenters. The number of ether oxygens (including phenoxy) is 3. The molecule has 0 bridgehead atoms. The van der Waals surface area contributed by atoms with Crippen molar-refractivity contribution in [1.29, 1.82) is 0 Å². The standard InChI is InChI=1S/C29H33N3O7/c1-18(2)31-11-13-32(14-12-31)27(34)17-38-28(35)20-5-7-21(8-6-20)39-29(36)26(33)16-23-19(3)30-25-10-9-22(37-4)15-24(23)25/h5-10,15,18,30H,11-14,16-17H2,1-4H3. The summed E-state index contributed by atoms with van der Waals surface area (Å²) in [7, 11) is 1.56. The van der Waals surface area contributed by atoms with Gasteiger partial charge in [-0.3, -0.25) is 14.5 Å². The first kappa shape index (κ1) is 27.8. The lowest BCUT2D eigenvalue weighted by atomic mass is 10.0. The molecule has 1 aliphatic heterocycles. The predicted molar refractivity (Wildman–Crippen MR) is 144 cm³/mol. The molecule has 3 aromatic rings. The largest absolute Gasteiger partial charge is 0.497 e. The van der Waals surface area contributed by atoms with Crippen LogP contribution in [0.5, 0.6) is 11.5 Å². The lowest BCUT2D eigenvalue weighted by molar-refractivity contribution is -0.146. The number of H-pyrrole nitrogens is 1. The molecule has 0 radical (unpaired) electrons. The van der Waals surface area contributed by atoms with Gasteiger partial charge in [-0.1, -0.05) is 0 Å². The Labute approximate surface area is 226 Å². The Hall–Kier alpha value is -4.18. The molecule has 1 saturated heterocycles. The number of piperazine rings is 1. The van der Waals surface area contributed by atoms with Gasteiger partial charge >= 0.3 is 11.9 Å². The second kappa shape index (κ2) is 12.1. The first-order valence-electron chi connectivity index (χ1n) is 12.9. The summed E-state index contributed by atoms with van der Waals surface area (Å²) in [6, 6.07) is 11.5. The number of Topliss-reactive ketones (excluding diaryl/α,β-unsaturated/α-hetero) is 1. The Morgan fingerprint density at radius 2 is 1.62 bits per heavy atom. The molecular weight excluding hydrogens is 502 g/mol. The number of carbonyl (C=O) groups excluding carboxylic acids is 4. The van der Waals surface area contributed by atoms with Gasteiger partial charge in [0.05, 0.1) is 12.7 Å². The molecule has 1 N–H and O–H groups in total. The molecule has 0 atom stereocenters. The number of fused-ring (bicyclic) bond motifs is 1. The average molecular weight is 536 g/mol. The number of ketones is 1. The van der Waals surface area contributed by atoms with Crippen LogP contribution in [0.4, 0.5) is 0 Å². The minimum absolute atomic E-state index is 0.112. The molecule has 0 aliphatic carbocycles. The number of carbonyl (C=O) groups is 4. The third-order valence-electron chi connectivity index (χ3n) is 6.92. The van der Waals surface area contributed by atoms with Crippen molar-refractivity contribution in [2.45, 2.75) is 33.2 Å². The molecule has 10 heteroatoms. The van der Waals surface area contributed by atoms with Crippen LogP contribution in [0.25, 0.3) is 10.9 Å². The van der Waals surface area contributed by atoms with Gasteiger partial charge in [-0.25, -0.2) is 9.59 Å². The number of rotatable bonds is 9. The van der Waals surface area contributed by atoms with E-state index in [1.165, 1.54) is 24.3 Å². The lowest BCUT2D eigenvalue weighted by Crippen LogP contribution is -2.51. The smallest absolute Gasteiger partial charge is 0.380 e. The van der Waals surface area contributed by atoms with Crippen molar-refractivity contribution in [3.63, 3.8) is 0 Å². The van der Waals surface area contributed by atoms with Gasteiger partial charge in [-0.15, -0.1) is 0 Å². The van der Waals surface area contributed by atoms with Gasteiger partial charge in [0.15, 0.2) is 6.61 Å². The number of aromatic amines is 1. The van der Waals surface area contributed by atoms with Crippen molar-refractivity contribution in [2.75, 3.05) is 39.9 Å². The highest BCUT2D eigenvalue weighted by atomic mass is 16.5. The summed E-state index contributed by atoms with van der Waals surface area (Å²) in [6.07, 6.45) is -0.136. The maximum Gasteiger partial charge on any atom is 0.380 e. The van der Waals surface area contributed by atoms with E-state index in [1.54, 1.807) is 12.0 Å². The minimum atomic E-state index is -1.01. The molecule has 206 valence electrons. The molecule has 2 aromatic carbocycles.